The number of hydrogen-bond donors (Lipinski definition) is 2. The van der Waals surface area contributed by atoms with Crippen LogP contribution in [0.15, 0.2) is 23.1 Å². The molecule has 0 saturated carbocycles. The standard InChI is InChI=1S/C14H20N2OS/c1-10(2)7-11(9-17)16-13-5-4-6-14(18-3)12(13)8-15/h4-6,10-11,16-17H,7,9H2,1-3H3. The van der Waals surface area contributed by atoms with E-state index in [4.69, 9.17) is 0 Å². The summed E-state index contributed by atoms with van der Waals surface area (Å²) in [6.45, 7) is 4.31. The second-order valence-corrected chi connectivity index (χ2v) is 5.50. The van der Waals surface area contributed by atoms with Crippen molar-refractivity contribution in [3.63, 3.8) is 0 Å². The van der Waals surface area contributed by atoms with Crippen molar-refractivity contribution < 1.29 is 5.11 Å². The molecule has 0 heterocycles. The third kappa shape index (κ3) is 3.94. The second kappa shape index (κ2) is 7.30. The SMILES string of the molecule is CSc1cccc(NC(CO)CC(C)C)c1C#N. The van der Waals surface area contributed by atoms with E-state index in [-0.39, 0.29) is 12.6 Å². The number of hydrogen-bond acceptors (Lipinski definition) is 4. The number of aliphatic hydroxyl groups is 1. The van der Waals surface area contributed by atoms with Crippen LogP contribution in [0.2, 0.25) is 0 Å². The first-order valence-corrected chi connectivity index (χ1v) is 7.29. The summed E-state index contributed by atoms with van der Waals surface area (Å²) < 4.78 is 0. The highest BCUT2D eigenvalue weighted by Crippen LogP contribution is 2.27. The summed E-state index contributed by atoms with van der Waals surface area (Å²) in [6.07, 6.45) is 2.84. The fourth-order valence-electron chi connectivity index (χ4n) is 1.90. The van der Waals surface area contributed by atoms with Gasteiger partial charge in [-0.05, 0) is 30.7 Å². The summed E-state index contributed by atoms with van der Waals surface area (Å²) in [6, 6.07) is 7.98. The van der Waals surface area contributed by atoms with Gasteiger partial charge < -0.3 is 10.4 Å². The average molecular weight is 264 g/mol. The van der Waals surface area contributed by atoms with Crippen LogP contribution < -0.4 is 5.32 Å². The van der Waals surface area contributed by atoms with E-state index in [1.54, 1.807) is 11.8 Å². The van der Waals surface area contributed by atoms with E-state index in [1.165, 1.54) is 0 Å². The van der Waals surface area contributed by atoms with Gasteiger partial charge >= 0.3 is 0 Å². The van der Waals surface area contributed by atoms with Crippen molar-refractivity contribution in [2.45, 2.75) is 31.2 Å². The predicted octanol–water partition coefficient (Wildman–Crippen LogP) is 3.10. The van der Waals surface area contributed by atoms with Crippen molar-refractivity contribution in [2.75, 3.05) is 18.2 Å². The summed E-state index contributed by atoms with van der Waals surface area (Å²) >= 11 is 1.56. The average Bonchev–Trinajstić information content (AvgIpc) is 2.36. The number of nitrogens with one attached hydrogen (secondary N) is 1. The Morgan fingerprint density at radius 2 is 2.17 bits per heavy atom. The van der Waals surface area contributed by atoms with Gasteiger partial charge in [0.1, 0.15) is 6.07 Å². The highest BCUT2D eigenvalue weighted by molar-refractivity contribution is 7.98. The Labute approximate surface area is 113 Å². The highest BCUT2D eigenvalue weighted by atomic mass is 32.2. The number of rotatable bonds is 6. The minimum Gasteiger partial charge on any atom is -0.394 e. The molecule has 4 heteroatoms. The fraction of sp³-hybridized carbons (Fsp3) is 0.500. The molecule has 0 aliphatic heterocycles. The van der Waals surface area contributed by atoms with Gasteiger partial charge in [0.05, 0.1) is 17.9 Å². The Kier molecular flexibility index (Phi) is 6.03. The van der Waals surface area contributed by atoms with E-state index in [0.29, 0.717) is 11.5 Å². The largest absolute Gasteiger partial charge is 0.394 e. The maximum absolute atomic E-state index is 9.38. The number of thioether (sulfide) groups is 1. The van der Waals surface area contributed by atoms with E-state index in [1.807, 2.05) is 24.5 Å². The predicted molar refractivity (Wildman–Crippen MR) is 76.9 cm³/mol. The van der Waals surface area contributed by atoms with Gasteiger partial charge in [0.2, 0.25) is 0 Å². The molecular formula is C14H20N2OS. The summed E-state index contributed by atoms with van der Waals surface area (Å²) in [5, 5.41) is 21.9. The topological polar surface area (TPSA) is 56.0 Å². The zero-order chi connectivity index (χ0) is 13.5. The molecule has 0 aromatic heterocycles. The number of benzene rings is 1. The number of aliphatic hydroxyl groups excluding tert-OH is 1. The molecular weight excluding hydrogens is 244 g/mol. The van der Waals surface area contributed by atoms with Crippen LogP contribution in [0, 0.1) is 17.2 Å². The number of nitriles is 1. The Balaban J connectivity index is 2.92. The molecule has 0 aliphatic carbocycles. The molecule has 1 aromatic rings. The maximum Gasteiger partial charge on any atom is 0.102 e. The lowest BCUT2D eigenvalue weighted by Crippen LogP contribution is -2.26. The van der Waals surface area contributed by atoms with Crippen LogP contribution in [-0.4, -0.2) is 24.0 Å². The Morgan fingerprint density at radius 3 is 2.67 bits per heavy atom. The molecule has 1 unspecified atom stereocenters. The van der Waals surface area contributed by atoms with Gasteiger partial charge in [-0.3, -0.25) is 0 Å². The van der Waals surface area contributed by atoms with Crippen molar-refractivity contribution in [3.8, 4) is 6.07 Å². The van der Waals surface area contributed by atoms with Crippen LogP contribution in [-0.2, 0) is 0 Å². The molecule has 1 aromatic carbocycles. The Hall–Kier alpha value is -1.18. The van der Waals surface area contributed by atoms with Crippen molar-refractivity contribution in [1.29, 1.82) is 5.26 Å². The van der Waals surface area contributed by atoms with Gasteiger partial charge in [0.25, 0.3) is 0 Å². The highest BCUT2D eigenvalue weighted by Gasteiger charge is 2.13. The van der Waals surface area contributed by atoms with Crippen LogP contribution in [0.5, 0.6) is 0 Å². The Bertz CT molecular complexity index is 426. The zero-order valence-corrected chi connectivity index (χ0v) is 11.9. The van der Waals surface area contributed by atoms with E-state index in [9.17, 15) is 10.4 Å². The molecule has 3 nitrogen and oxygen atoms in total. The third-order valence-corrected chi connectivity index (χ3v) is 3.47. The van der Waals surface area contributed by atoms with Gasteiger partial charge in [-0.2, -0.15) is 5.26 Å². The molecule has 0 amide bonds. The first kappa shape index (κ1) is 14.9. The third-order valence-electron chi connectivity index (χ3n) is 2.69. The molecule has 2 N–H and O–H groups in total. The van der Waals surface area contributed by atoms with Gasteiger partial charge in [-0.25, -0.2) is 0 Å². The monoisotopic (exact) mass is 264 g/mol. The van der Waals surface area contributed by atoms with E-state index in [0.717, 1.165) is 17.0 Å². The van der Waals surface area contributed by atoms with E-state index < -0.39 is 0 Å². The van der Waals surface area contributed by atoms with Crippen LogP contribution in [0.25, 0.3) is 0 Å². The van der Waals surface area contributed by atoms with Crippen molar-refractivity contribution in [1.82, 2.24) is 0 Å². The fourth-order valence-corrected chi connectivity index (χ4v) is 2.48. The number of anilines is 1. The molecule has 0 bridgehead atoms. The lowest BCUT2D eigenvalue weighted by Gasteiger charge is -2.20. The van der Waals surface area contributed by atoms with E-state index in [2.05, 4.69) is 25.2 Å². The number of nitrogens with zero attached hydrogens (tertiary/aromatic N) is 1. The smallest absolute Gasteiger partial charge is 0.102 e. The van der Waals surface area contributed by atoms with Crippen LogP contribution in [0.3, 0.4) is 0 Å². The van der Waals surface area contributed by atoms with Crippen LogP contribution >= 0.6 is 11.8 Å². The minimum absolute atomic E-state index is 0.00536. The van der Waals surface area contributed by atoms with Gasteiger partial charge in [-0.15, -0.1) is 11.8 Å². The van der Waals surface area contributed by atoms with Crippen LogP contribution in [0.4, 0.5) is 5.69 Å². The first-order valence-electron chi connectivity index (χ1n) is 6.06. The first-order chi connectivity index (χ1) is 8.62. The van der Waals surface area contributed by atoms with Crippen molar-refractivity contribution in [2.24, 2.45) is 5.92 Å². The van der Waals surface area contributed by atoms with Crippen molar-refractivity contribution >= 4 is 17.4 Å². The normalized spacial score (nSPS) is 12.2. The van der Waals surface area contributed by atoms with Crippen molar-refractivity contribution in [3.05, 3.63) is 23.8 Å². The molecule has 0 fully saturated rings. The second-order valence-electron chi connectivity index (χ2n) is 4.65. The lowest BCUT2D eigenvalue weighted by atomic mass is 10.0. The molecule has 18 heavy (non-hydrogen) atoms. The summed E-state index contributed by atoms with van der Waals surface area (Å²) in [7, 11) is 0. The molecule has 1 atom stereocenters. The Morgan fingerprint density at radius 1 is 1.44 bits per heavy atom. The van der Waals surface area contributed by atoms with E-state index >= 15 is 0 Å². The molecule has 0 saturated heterocycles. The molecule has 0 radical (unpaired) electrons. The van der Waals surface area contributed by atoms with Gasteiger partial charge in [0, 0.05) is 10.9 Å². The molecule has 1 rings (SSSR count). The molecule has 0 aliphatic rings. The summed E-state index contributed by atoms with van der Waals surface area (Å²) in [5.74, 6) is 0.504. The van der Waals surface area contributed by atoms with Gasteiger partial charge in [0.15, 0.2) is 0 Å². The lowest BCUT2D eigenvalue weighted by molar-refractivity contribution is 0.259. The molecule has 0 spiro atoms. The van der Waals surface area contributed by atoms with Gasteiger partial charge in [-0.1, -0.05) is 19.9 Å². The quantitative estimate of drug-likeness (QED) is 0.775. The zero-order valence-electron chi connectivity index (χ0n) is 11.1. The molecule has 98 valence electrons. The summed E-state index contributed by atoms with van der Waals surface area (Å²) in [5.41, 5.74) is 1.47. The van der Waals surface area contributed by atoms with Crippen LogP contribution in [0.1, 0.15) is 25.8 Å². The summed E-state index contributed by atoms with van der Waals surface area (Å²) in [4.78, 5) is 0.962. The minimum atomic E-state index is -0.00536. The maximum atomic E-state index is 9.38.